The highest BCUT2D eigenvalue weighted by Gasteiger charge is 2.19. The van der Waals surface area contributed by atoms with Gasteiger partial charge < -0.3 is 5.11 Å². The van der Waals surface area contributed by atoms with Crippen molar-refractivity contribution in [3.8, 4) is 0 Å². The number of aliphatic hydroxyl groups is 1. The van der Waals surface area contributed by atoms with Crippen molar-refractivity contribution in [1.29, 1.82) is 0 Å². The summed E-state index contributed by atoms with van der Waals surface area (Å²) in [5, 5.41) is 14.3. The second kappa shape index (κ2) is 7.26. The predicted octanol–water partition coefficient (Wildman–Crippen LogP) is 5.07. The van der Waals surface area contributed by atoms with Crippen molar-refractivity contribution in [2.75, 3.05) is 0 Å². The van der Waals surface area contributed by atoms with E-state index in [-0.39, 0.29) is 0 Å². The Hall–Kier alpha value is -2.37. The molecule has 0 saturated carbocycles. The molecule has 23 heavy (non-hydrogen) atoms. The van der Waals surface area contributed by atoms with Gasteiger partial charge in [0, 0.05) is 10.9 Å². The van der Waals surface area contributed by atoms with E-state index < -0.39 is 7.92 Å². The van der Waals surface area contributed by atoms with E-state index in [1.54, 1.807) is 0 Å². The van der Waals surface area contributed by atoms with Crippen molar-refractivity contribution in [1.82, 2.24) is 0 Å². The number of hydrogen-bond donors (Lipinski definition) is 1. The van der Waals surface area contributed by atoms with Gasteiger partial charge in [-0.3, -0.25) is 0 Å². The molecule has 0 radical (unpaired) electrons. The van der Waals surface area contributed by atoms with Crippen LogP contribution in [0, 0.1) is 0 Å². The van der Waals surface area contributed by atoms with Gasteiger partial charge in [0.25, 0.3) is 0 Å². The molecule has 114 valence electrons. The lowest BCUT2D eigenvalue weighted by Crippen LogP contribution is -2.12. The van der Waals surface area contributed by atoms with E-state index in [2.05, 4.69) is 48.5 Å². The lowest BCUT2D eigenvalue weighted by atomic mass is 10.2. The van der Waals surface area contributed by atoms with Crippen LogP contribution < -0.4 is 10.6 Å². The molecule has 3 aromatic rings. The fourth-order valence-electron chi connectivity index (χ4n) is 2.60. The van der Waals surface area contributed by atoms with Crippen LogP contribution in [0.3, 0.4) is 0 Å². The second-order valence-electron chi connectivity index (χ2n) is 5.31. The van der Waals surface area contributed by atoms with Crippen LogP contribution >= 0.6 is 7.92 Å². The highest BCUT2D eigenvalue weighted by Crippen LogP contribution is 2.45. The number of aliphatic hydroxyl groups excluding tert-OH is 1. The van der Waals surface area contributed by atoms with Gasteiger partial charge in [-0.1, -0.05) is 91.0 Å². The van der Waals surface area contributed by atoms with E-state index in [9.17, 15) is 5.11 Å². The van der Waals surface area contributed by atoms with Crippen LogP contribution in [-0.2, 0) is 0 Å². The monoisotopic (exact) mass is 318 g/mol. The van der Waals surface area contributed by atoms with Gasteiger partial charge >= 0.3 is 0 Å². The van der Waals surface area contributed by atoms with E-state index >= 15 is 0 Å². The summed E-state index contributed by atoms with van der Waals surface area (Å²) in [6.45, 7) is 2.04. The maximum Gasteiger partial charge on any atom is 0.126 e. The minimum absolute atomic E-state index is 0.379. The van der Waals surface area contributed by atoms with E-state index in [0.29, 0.717) is 5.76 Å². The largest absolute Gasteiger partial charge is 0.507 e. The highest BCUT2D eigenvalue weighted by atomic mass is 31.1. The molecule has 0 spiro atoms. The third-order valence-electron chi connectivity index (χ3n) is 3.75. The van der Waals surface area contributed by atoms with Crippen LogP contribution in [0.5, 0.6) is 0 Å². The fraction of sp³-hybridized carbons (Fsp3) is 0.0476. The second-order valence-corrected chi connectivity index (χ2v) is 7.68. The summed E-state index contributed by atoms with van der Waals surface area (Å²) >= 11 is 0. The zero-order valence-corrected chi connectivity index (χ0v) is 13.9. The standard InChI is InChI=1S/C21H19OP/c1-17(21(22)18-11-5-2-6-12-18)23(19-13-7-3-8-14-19)20-15-9-4-10-16-20/h2-16,22H,1H3/b21-17-. The molecule has 0 aliphatic carbocycles. The molecule has 2 heteroatoms. The first-order valence-corrected chi connectivity index (χ1v) is 8.97. The fourth-order valence-corrected chi connectivity index (χ4v) is 4.96. The average molecular weight is 318 g/mol. The quantitative estimate of drug-likeness (QED) is 0.526. The van der Waals surface area contributed by atoms with E-state index in [1.807, 2.05) is 49.4 Å². The minimum Gasteiger partial charge on any atom is -0.507 e. The van der Waals surface area contributed by atoms with E-state index in [4.69, 9.17) is 0 Å². The number of hydrogen-bond acceptors (Lipinski definition) is 1. The van der Waals surface area contributed by atoms with Crippen LogP contribution in [-0.4, -0.2) is 5.11 Å². The number of benzene rings is 3. The van der Waals surface area contributed by atoms with Crippen LogP contribution in [0.4, 0.5) is 0 Å². The van der Waals surface area contributed by atoms with Gasteiger partial charge in [-0.2, -0.15) is 0 Å². The average Bonchev–Trinajstić information content (AvgIpc) is 2.64. The van der Waals surface area contributed by atoms with Crippen LogP contribution in [0.15, 0.2) is 96.3 Å². The summed E-state index contributed by atoms with van der Waals surface area (Å²) in [5.74, 6) is 0.379. The van der Waals surface area contributed by atoms with Gasteiger partial charge in [-0.15, -0.1) is 0 Å². The Kier molecular flexibility index (Phi) is 4.90. The Morgan fingerprint density at radius 1 is 0.652 bits per heavy atom. The molecule has 1 nitrogen and oxygen atoms in total. The van der Waals surface area contributed by atoms with Crippen molar-refractivity contribution < 1.29 is 5.11 Å². The SMILES string of the molecule is C/C(=C(/O)c1ccccc1)P(c1ccccc1)c1ccccc1. The number of allylic oxidation sites excluding steroid dienone is 1. The molecule has 3 rings (SSSR count). The normalized spacial score (nSPS) is 12.1. The molecular weight excluding hydrogens is 299 g/mol. The summed E-state index contributed by atoms with van der Waals surface area (Å²) in [7, 11) is -0.745. The van der Waals surface area contributed by atoms with Gasteiger partial charge in [0.15, 0.2) is 0 Å². The van der Waals surface area contributed by atoms with Gasteiger partial charge in [0.05, 0.1) is 0 Å². The molecule has 0 amide bonds. The Morgan fingerprint density at radius 3 is 1.48 bits per heavy atom. The van der Waals surface area contributed by atoms with E-state index in [1.165, 1.54) is 10.6 Å². The predicted molar refractivity (Wildman–Crippen MR) is 101 cm³/mol. The molecule has 0 aromatic heterocycles. The Balaban J connectivity index is 2.12. The topological polar surface area (TPSA) is 20.2 Å². The first-order chi connectivity index (χ1) is 11.3. The molecule has 0 saturated heterocycles. The van der Waals surface area contributed by atoms with Crippen LogP contribution in [0.1, 0.15) is 12.5 Å². The first-order valence-electron chi connectivity index (χ1n) is 7.63. The molecule has 3 aromatic carbocycles. The zero-order valence-electron chi connectivity index (χ0n) is 13.1. The summed E-state index contributed by atoms with van der Waals surface area (Å²) in [6, 6.07) is 30.6. The van der Waals surface area contributed by atoms with Crippen LogP contribution in [0.2, 0.25) is 0 Å². The molecule has 0 aliphatic rings. The van der Waals surface area contributed by atoms with E-state index in [0.717, 1.165) is 10.9 Å². The maximum atomic E-state index is 10.8. The third kappa shape index (κ3) is 3.52. The van der Waals surface area contributed by atoms with Crippen molar-refractivity contribution in [2.45, 2.75) is 6.92 Å². The highest BCUT2D eigenvalue weighted by molar-refractivity contribution is 7.76. The summed E-state index contributed by atoms with van der Waals surface area (Å²) in [6.07, 6.45) is 0. The van der Waals surface area contributed by atoms with Crippen molar-refractivity contribution in [3.63, 3.8) is 0 Å². The summed E-state index contributed by atoms with van der Waals surface area (Å²) < 4.78 is 0. The molecule has 0 heterocycles. The molecule has 0 fully saturated rings. The minimum atomic E-state index is -0.745. The smallest absolute Gasteiger partial charge is 0.126 e. The Morgan fingerprint density at radius 2 is 1.04 bits per heavy atom. The molecular formula is C21H19OP. The van der Waals surface area contributed by atoms with Crippen molar-refractivity contribution in [3.05, 3.63) is 102 Å². The van der Waals surface area contributed by atoms with Crippen molar-refractivity contribution >= 4 is 24.3 Å². The van der Waals surface area contributed by atoms with Gasteiger partial charge in [-0.05, 0) is 25.5 Å². The van der Waals surface area contributed by atoms with Gasteiger partial charge in [-0.25, -0.2) is 0 Å². The zero-order chi connectivity index (χ0) is 16.1. The molecule has 0 atom stereocenters. The summed E-state index contributed by atoms with van der Waals surface area (Å²) in [4.78, 5) is 0. The maximum absolute atomic E-state index is 10.8. The molecule has 1 N–H and O–H groups in total. The third-order valence-corrected chi connectivity index (χ3v) is 6.27. The molecule has 0 bridgehead atoms. The molecule has 0 aliphatic heterocycles. The lowest BCUT2D eigenvalue weighted by Gasteiger charge is -2.21. The first kappa shape index (κ1) is 15.5. The molecule has 0 unspecified atom stereocenters. The Bertz CT molecular complexity index is 740. The van der Waals surface area contributed by atoms with Crippen molar-refractivity contribution in [2.24, 2.45) is 0 Å². The lowest BCUT2D eigenvalue weighted by molar-refractivity contribution is 0.509. The van der Waals surface area contributed by atoms with Gasteiger partial charge in [0.2, 0.25) is 0 Å². The van der Waals surface area contributed by atoms with Crippen LogP contribution in [0.25, 0.3) is 5.76 Å². The summed E-state index contributed by atoms with van der Waals surface area (Å²) in [5.41, 5.74) is 0.865. The van der Waals surface area contributed by atoms with Gasteiger partial charge in [0.1, 0.15) is 5.76 Å². The Labute approximate surface area is 138 Å². The number of rotatable bonds is 4.